The topological polar surface area (TPSA) is 19.0 Å². The summed E-state index contributed by atoms with van der Waals surface area (Å²) in [4.78, 5) is 5.93. The maximum Gasteiger partial charge on any atom is 0.0819 e. The van der Waals surface area contributed by atoms with Gasteiger partial charge in [-0.25, -0.2) is 0 Å². The zero-order valence-corrected chi connectivity index (χ0v) is 15.1. The summed E-state index contributed by atoms with van der Waals surface area (Å²) in [6.07, 6.45) is 3.21. The van der Waals surface area contributed by atoms with Crippen molar-refractivity contribution < 1.29 is 0 Å². The Balaban J connectivity index is 1.73. The Hall–Kier alpha value is -2.71. The Labute approximate surface area is 158 Å². The van der Waals surface area contributed by atoms with Crippen LogP contribution in [-0.2, 0) is 6.42 Å². The molecular formula is C23H19ClN2. The summed E-state index contributed by atoms with van der Waals surface area (Å²) in [5, 5.41) is 1.99. The van der Waals surface area contributed by atoms with Crippen LogP contribution in [0.1, 0.15) is 22.7 Å². The highest BCUT2D eigenvalue weighted by Gasteiger charge is 2.30. The number of nitrogens with zero attached hydrogens (tertiary/aromatic N) is 1. The first-order chi connectivity index (χ1) is 12.8. The molecule has 0 fully saturated rings. The van der Waals surface area contributed by atoms with E-state index in [1.165, 1.54) is 27.8 Å². The Kier molecular flexibility index (Phi) is 3.72. The van der Waals surface area contributed by atoms with E-state index in [0.717, 1.165) is 23.5 Å². The second-order valence-electron chi connectivity index (χ2n) is 6.81. The number of anilines is 1. The molecule has 0 spiro atoms. The van der Waals surface area contributed by atoms with Crippen LogP contribution in [0.3, 0.4) is 0 Å². The number of H-pyrrole nitrogens is 1. The highest BCUT2D eigenvalue weighted by molar-refractivity contribution is 6.31. The minimum absolute atomic E-state index is 0.192. The summed E-state index contributed by atoms with van der Waals surface area (Å²) in [6, 6.07) is 25.8. The molecule has 1 N–H and O–H groups in total. The molecule has 5 rings (SSSR count). The normalized spacial score (nSPS) is 16.7. The summed E-state index contributed by atoms with van der Waals surface area (Å²) in [5.74, 6) is 0. The standard InChI is InChI=1S/C23H19ClN2/c24-17-10-11-20-21(15-25-22(20)14-17)23-19-9-5-4-6-16(19)12-13-26(23)18-7-2-1-3-8-18/h1-11,14-15,23,25H,12-13H2/t23-/m1/s1. The molecule has 1 atom stereocenters. The first-order valence-corrected chi connectivity index (χ1v) is 9.35. The van der Waals surface area contributed by atoms with Crippen molar-refractivity contribution in [1.29, 1.82) is 0 Å². The predicted octanol–water partition coefficient (Wildman–Crippen LogP) is 5.97. The van der Waals surface area contributed by atoms with E-state index >= 15 is 0 Å². The van der Waals surface area contributed by atoms with Gasteiger partial charge in [0.2, 0.25) is 0 Å². The molecule has 0 unspecified atom stereocenters. The number of para-hydroxylation sites is 1. The maximum atomic E-state index is 6.19. The van der Waals surface area contributed by atoms with Gasteiger partial charge < -0.3 is 9.88 Å². The highest BCUT2D eigenvalue weighted by Crippen LogP contribution is 2.41. The SMILES string of the molecule is Clc1ccc2c([C@H]3c4ccccc4CCN3c3ccccc3)c[nH]c2c1. The van der Waals surface area contributed by atoms with Crippen LogP contribution in [0, 0.1) is 0 Å². The van der Waals surface area contributed by atoms with E-state index in [0.29, 0.717) is 0 Å². The van der Waals surface area contributed by atoms with Gasteiger partial charge in [-0.3, -0.25) is 0 Å². The lowest BCUT2D eigenvalue weighted by atomic mass is 9.87. The summed E-state index contributed by atoms with van der Waals surface area (Å²) in [5.41, 5.74) is 6.47. The largest absolute Gasteiger partial charge is 0.361 e. The van der Waals surface area contributed by atoms with Gasteiger partial charge in [-0.15, -0.1) is 0 Å². The van der Waals surface area contributed by atoms with Crippen LogP contribution in [0.25, 0.3) is 10.9 Å². The number of fused-ring (bicyclic) bond motifs is 2. The minimum atomic E-state index is 0.192. The Morgan fingerprint density at radius 1 is 0.885 bits per heavy atom. The van der Waals surface area contributed by atoms with E-state index in [1.54, 1.807) is 0 Å². The van der Waals surface area contributed by atoms with Crippen molar-refractivity contribution in [2.24, 2.45) is 0 Å². The van der Waals surface area contributed by atoms with Gasteiger partial charge in [-0.1, -0.05) is 60.1 Å². The van der Waals surface area contributed by atoms with Crippen molar-refractivity contribution >= 4 is 28.2 Å². The highest BCUT2D eigenvalue weighted by atomic mass is 35.5. The van der Waals surface area contributed by atoms with Crippen LogP contribution in [0.5, 0.6) is 0 Å². The summed E-state index contributed by atoms with van der Waals surface area (Å²) in [6.45, 7) is 1.01. The van der Waals surface area contributed by atoms with Crippen molar-refractivity contribution in [1.82, 2.24) is 4.98 Å². The third kappa shape index (κ3) is 2.49. The van der Waals surface area contributed by atoms with Crippen LogP contribution in [0.15, 0.2) is 79.0 Å². The third-order valence-corrected chi connectivity index (χ3v) is 5.58. The van der Waals surface area contributed by atoms with Crippen molar-refractivity contribution in [3.05, 3.63) is 101 Å². The van der Waals surface area contributed by atoms with E-state index in [4.69, 9.17) is 11.6 Å². The van der Waals surface area contributed by atoms with E-state index in [2.05, 4.69) is 76.7 Å². The van der Waals surface area contributed by atoms with Crippen molar-refractivity contribution in [3.8, 4) is 0 Å². The molecule has 1 aromatic heterocycles. The first kappa shape index (κ1) is 15.5. The van der Waals surface area contributed by atoms with E-state index in [-0.39, 0.29) is 6.04 Å². The van der Waals surface area contributed by atoms with Crippen LogP contribution >= 0.6 is 11.6 Å². The van der Waals surface area contributed by atoms with Crippen molar-refractivity contribution in [2.45, 2.75) is 12.5 Å². The number of nitrogens with one attached hydrogen (secondary N) is 1. The second kappa shape index (κ2) is 6.22. The van der Waals surface area contributed by atoms with Gasteiger partial charge >= 0.3 is 0 Å². The average molecular weight is 359 g/mol. The first-order valence-electron chi connectivity index (χ1n) is 8.97. The van der Waals surface area contributed by atoms with Gasteiger partial charge in [0.25, 0.3) is 0 Å². The number of halogens is 1. The van der Waals surface area contributed by atoms with Crippen LogP contribution < -0.4 is 4.90 Å². The lowest BCUT2D eigenvalue weighted by Gasteiger charge is -2.39. The number of rotatable bonds is 2. The molecule has 128 valence electrons. The number of aromatic amines is 1. The molecule has 3 aromatic carbocycles. The van der Waals surface area contributed by atoms with Crippen LogP contribution in [0.2, 0.25) is 5.02 Å². The zero-order chi connectivity index (χ0) is 17.5. The summed E-state index contributed by atoms with van der Waals surface area (Å²) < 4.78 is 0. The van der Waals surface area contributed by atoms with E-state index < -0.39 is 0 Å². The van der Waals surface area contributed by atoms with Gasteiger partial charge in [-0.2, -0.15) is 0 Å². The van der Waals surface area contributed by atoms with Gasteiger partial charge in [0.1, 0.15) is 0 Å². The third-order valence-electron chi connectivity index (χ3n) is 5.34. The monoisotopic (exact) mass is 358 g/mol. The smallest absolute Gasteiger partial charge is 0.0819 e. The quantitative estimate of drug-likeness (QED) is 0.467. The number of aromatic nitrogens is 1. The lowest BCUT2D eigenvalue weighted by Crippen LogP contribution is -2.36. The fraction of sp³-hybridized carbons (Fsp3) is 0.130. The number of hydrogen-bond acceptors (Lipinski definition) is 1. The molecule has 0 aliphatic carbocycles. The van der Waals surface area contributed by atoms with Gasteiger partial charge in [0.15, 0.2) is 0 Å². The Morgan fingerprint density at radius 2 is 1.69 bits per heavy atom. The van der Waals surface area contributed by atoms with Gasteiger partial charge in [0, 0.05) is 39.9 Å². The molecule has 1 aliphatic heterocycles. The lowest BCUT2D eigenvalue weighted by molar-refractivity contribution is 0.656. The van der Waals surface area contributed by atoms with E-state index in [9.17, 15) is 0 Å². The van der Waals surface area contributed by atoms with Crippen LogP contribution in [0.4, 0.5) is 5.69 Å². The molecule has 1 aliphatic rings. The fourth-order valence-corrected chi connectivity index (χ4v) is 4.32. The summed E-state index contributed by atoms with van der Waals surface area (Å²) in [7, 11) is 0. The summed E-state index contributed by atoms with van der Waals surface area (Å²) >= 11 is 6.19. The zero-order valence-electron chi connectivity index (χ0n) is 14.3. The van der Waals surface area contributed by atoms with Crippen LogP contribution in [-0.4, -0.2) is 11.5 Å². The second-order valence-corrected chi connectivity index (χ2v) is 7.25. The molecule has 26 heavy (non-hydrogen) atoms. The number of benzene rings is 3. The predicted molar refractivity (Wildman–Crippen MR) is 109 cm³/mol. The molecule has 0 saturated heterocycles. The molecule has 3 heteroatoms. The maximum absolute atomic E-state index is 6.19. The van der Waals surface area contributed by atoms with E-state index in [1.807, 2.05) is 12.1 Å². The van der Waals surface area contributed by atoms with Gasteiger partial charge in [-0.05, 0) is 41.8 Å². The molecule has 0 saturated carbocycles. The molecule has 2 heterocycles. The molecule has 0 bridgehead atoms. The van der Waals surface area contributed by atoms with Crippen molar-refractivity contribution in [2.75, 3.05) is 11.4 Å². The molecular weight excluding hydrogens is 340 g/mol. The average Bonchev–Trinajstić information content (AvgIpc) is 3.10. The molecule has 0 radical (unpaired) electrons. The van der Waals surface area contributed by atoms with Crippen molar-refractivity contribution in [3.63, 3.8) is 0 Å². The molecule has 0 amide bonds. The Morgan fingerprint density at radius 3 is 2.58 bits per heavy atom. The molecule has 4 aromatic rings. The number of hydrogen-bond donors (Lipinski definition) is 1. The Bertz CT molecular complexity index is 1070. The minimum Gasteiger partial charge on any atom is -0.361 e. The van der Waals surface area contributed by atoms with Gasteiger partial charge in [0.05, 0.1) is 6.04 Å². The fourth-order valence-electron chi connectivity index (χ4n) is 4.15. The molecule has 2 nitrogen and oxygen atoms in total.